The first-order valence-corrected chi connectivity index (χ1v) is 27.9. The molecule has 4 fully saturated rings. The van der Waals surface area contributed by atoms with Gasteiger partial charge >= 0.3 is 19.3 Å². The van der Waals surface area contributed by atoms with Crippen LogP contribution in [0.3, 0.4) is 0 Å². The molecule has 0 bridgehead atoms. The monoisotopic (exact) mass is 1190 g/mol. The number of nitrogens with zero attached hydrogens (tertiary/aromatic N) is 6. The molecule has 6 aromatic rings. The highest BCUT2D eigenvalue weighted by Gasteiger charge is 2.46. The van der Waals surface area contributed by atoms with Crippen LogP contribution >= 0.6 is 15.9 Å². The van der Waals surface area contributed by atoms with Crippen molar-refractivity contribution in [1.29, 1.82) is 0 Å². The third-order valence-corrected chi connectivity index (χ3v) is 15.0. The van der Waals surface area contributed by atoms with E-state index in [1.807, 2.05) is 89.1 Å². The Hall–Kier alpha value is -6.20. The van der Waals surface area contributed by atoms with Crippen molar-refractivity contribution in [1.82, 2.24) is 29.4 Å². The van der Waals surface area contributed by atoms with Crippen LogP contribution in [0.4, 0.5) is 18.4 Å². The van der Waals surface area contributed by atoms with E-state index in [2.05, 4.69) is 46.0 Å². The van der Waals surface area contributed by atoms with Crippen molar-refractivity contribution in [3.05, 3.63) is 89.2 Å². The lowest BCUT2D eigenvalue weighted by molar-refractivity contribution is -0.0552. The standard InChI is InChI=1S/C29H36FN3O5.C23H32BrN3O4.C6H6BFO3.CH4/c1-28(2,3)38-27(35)32-16-20(17-32)29(4,5)37-25-14-19(18-9-10-24(34)22(30)12-18)13-23-21(25)15-31-33(23)26-8-6-7-11-36-26;1-22(2,3)31-21(28)26-13-15(14-26)23(4,5)30-19-11-16(24)10-18-17(19)12-25-27(18)20-8-6-7-9-29-20;8-5-3-4(7(10)11)1-2-6(5)9;/h9-10,12-15,20,26,34H,6-8,11,16-17H2,1-5H3;10-12,15,20H,6-9,13-14H2,1-5H3;1-3,9-11H;1H4. The van der Waals surface area contributed by atoms with Gasteiger partial charge in [-0.3, -0.25) is 0 Å². The molecule has 4 aliphatic rings. The van der Waals surface area contributed by atoms with Crippen LogP contribution in [0.1, 0.15) is 128 Å². The molecule has 0 radical (unpaired) electrons. The quantitative estimate of drug-likeness (QED) is 0.0940. The Morgan fingerprint density at radius 2 is 1.06 bits per heavy atom. The largest absolute Gasteiger partial charge is 0.505 e. The summed E-state index contributed by atoms with van der Waals surface area (Å²) in [6, 6.07) is 15.4. The van der Waals surface area contributed by atoms with Gasteiger partial charge in [0.05, 0.1) is 34.2 Å². The van der Waals surface area contributed by atoms with Gasteiger partial charge in [-0.25, -0.2) is 27.7 Å². The lowest BCUT2D eigenvalue weighted by atomic mass is 9.80. The smallest absolute Gasteiger partial charge is 0.488 e. The number of benzene rings is 4. The number of carbonyl (C=O) groups is 2. The second-order valence-corrected chi connectivity index (χ2v) is 24.8. The van der Waals surface area contributed by atoms with Crippen molar-refractivity contribution in [2.45, 2.75) is 150 Å². The summed E-state index contributed by atoms with van der Waals surface area (Å²) >= 11 is 3.63. The lowest BCUT2D eigenvalue weighted by Crippen LogP contribution is -2.60. The predicted octanol–water partition coefficient (Wildman–Crippen LogP) is 11.6. The molecule has 2 amide bonds. The highest BCUT2D eigenvalue weighted by atomic mass is 79.9. The molecule has 4 aromatic carbocycles. The number of rotatable bonds is 10. The molecule has 18 nitrogen and oxygen atoms in total. The van der Waals surface area contributed by atoms with Gasteiger partial charge in [0, 0.05) is 55.7 Å². The van der Waals surface area contributed by atoms with E-state index in [0.29, 0.717) is 44.1 Å². The molecule has 22 heteroatoms. The molecule has 440 valence electrons. The second-order valence-electron chi connectivity index (χ2n) is 23.9. The second kappa shape index (κ2) is 25.1. The Bertz CT molecular complexity index is 3150. The summed E-state index contributed by atoms with van der Waals surface area (Å²) < 4.78 is 67.6. The van der Waals surface area contributed by atoms with Crippen LogP contribution in [0.5, 0.6) is 23.0 Å². The zero-order valence-electron chi connectivity index (χ0n) is 47.2. The third kappa shape index (κ3) is 15.3. The molecule has 4 N–H and O–H groups in total. The van der Waals surface area contributed by atoms with Crippen molar-refractivity contribution in [3.63, 3.8) is 0 Å². The van der Waals surface area contributed by atoms with E-state index in [1.54, 1.807) is 22.1 Å². The Morgan fingerprint density at radius 3 is 1.48 bits per heavy atom. The van der Waals surface area contributed by atoms with Gasteiger partial charge in [0.25, 0.3) is 0 Å². The van der Waals surface area contributed by atoms with Gasteiger partial charge in [0.1, 0.15) is 33.9 Å². The summed E-state index contributed by atoms with van der Waals surface area (Å²) in [7, 11) is -1.70. The van der Waals surface area contributed by atoms with Crippen LogP contribution < -0.4 is 14.9 Å². The zero-order chi connectivity index (χ0) is 58.1. The van der Waals surface area contributed by atoms with Gasteiger partial charge in [-0.1, -0.05) is 35.5 Å². The molecule has 4 saturated heterocycles. The maximum atomic E-state index is 14.3. The maximum Gasteiger partial charge on any atom is 0.488 e. The third-order valence-electron chi connectivity index (χ3n) is 14.5. The van der Waals surface area contributed by atoms with Crippen molar-refractivity contribution in [2.75, 3.05) is 39.4 Å². The fraction of sp³-hybridized carbons (Fsp3) is 0.525. The summed E-state index contributed by atoms with van der Waals surface area (Å²) in [5.41, 5.74) is 1.11. The zero-order valence-corrected chi connectivity index (χ0v) is 48.8. The van der Waals surface area contributed by atoms with Crippen LogP contribution in [0, 0.1) is 23.5 Å². The molecule has 4 aliphatic heterocycles. The van der Waals surface area contributed by atoms with Gasteiger partial charge in [0.15, 0.2) is 35.6 Å². The molecule has 10 rings (SSSR count). The average Bonchev–Trinajstić information content (AvgIpc) is 4.01. The molecule has 6 heterocycles. The minimum absolute atomic E-state index is 0. The topological polar surface area (TPSA) is 213 Å². The number of fused-ring (bicyclic) bond motifs is 2. The van der Waals surface area contributed by atoms with Gasteiger partial charge in [-0.2, -0.15) is 10.2 Å². The Kier molecular flexibility index (Phi) is 19.4. The summed E-state index contributed by atoms with van der Waals surface area (Å²) in [6.07, 6.45) is 9.00. The average molecular weight is 1190 g/mol. The fourth-order valence-electron chi connectivity index (χ4n) is 9.71. The number of hydrogen-bond donors (Lipinski definition) is 4. The number of phenolic OH excluding ortho intramolecular Hbond substituents is 2. The first kappa shape index (κ1) is 62.4. The van der Waals surface area contributed by atoms with Gasteiger partial charge in [0.2, 0.25) is 0 Å². The van der Waals surface area contributed by atoms with Crippen LogP contribution in [-0.2, 0) is 18.9 Å². The summed E-state index contributed by atoms with van der Waals surface area (Å²) in [4.78, 5) is 28.1. The van der Waals surface area contributed by atoms with Crippen LogP contribution in [0.25, 0.3) is 32.9 Å². The first-order valence-electron chi connectivity index (χ1n) is 27.1. The van der Waals surface area contributed by atoms with Gasteiger partial charge < -0.3 is 58.5 Å². The van der Waals surface area contributed by atoms with Gasteiger partial charge in [-0.05, 0) is 173 Å². The molecule has 0 spiro atoms. The number of aromatic hydroxyl groups is 2. The predicted molar refractivity (Wildman–Crippen MR) is 309 cm³/mol. The Balaban J connectivity index is 0.000000197. The highest BCUT2D eigenvalue weighted by molar-refractivity contribution is 9.10. The molecular formula is C59H78BBrF2N6O12. The van der Waals surface area contributed by atoms with Crippen LogP contribution in [0.15, 0.2) is 77.5 Å². The van der Waals surface area contributed by atoms with Crippen molar-refractivity contribution < 1.29 is 67.1 Å². The number of likely N-dealkylation sites (tertiary alicyclic amines) is 2. The van der Waals surface area contributed by atoms with Crippen molar-refractivity contribution in [3.8, 4) is 34.1 Å². The van der Waals surface area contributed by atoms with Crippen molar-refractivity contribution in [2.24, 2.45) is 11.8 Å². The molecule has 0 saturated carbocycles. The molecular weight excluding hydrogens is 1110 g/mol. The number of hydrogen-bond acceptors (Lipinski definition) is 14. The SMILES string of the molecule is C.CC(C)(C)OC(=O)N1CC(C(C)(C)Oc2cc(-c3ccc(O)c(F)c3)cc3c2cnn3C2CCCCO2)C1.CC(C)(C)OC(=O)N1CC(C(C)(C)Oc2cc(Br)cc3c2cnn3C2CCCCO2)C1.OB(O)c1ccc(O)c(F)c1. The Labute approximate surface area is 481 Å². The Morgan fingerprint density at radius 1 is 0.617 bits per heavy atom. The van der Waals surface area contributed by atoms with E-state index in [9.17, 15) is 23.5 Å². The number of phenols is 2. The lowest BCUT2D eigenvalue weighted by Gasteiger charge is -2.47. The number of ether oxygens (including phenoxy) is 6. The van der Waals surface area contributed by atoms with E-state index < -0.39 is 52.7 Å². The minimum atomic E-state index is -1.70. The number of carbonyl (C=O) groups excluding carboxylic acids is 2. The highest BCUT2D eigenvalue weighted by Crippen LogP contribution is 2.42. The normalized spacial score (nSPS) is 18.1. The summed E-state index contributed by atoms with van der Waals surface area (Å²) in [5.74, 6) is -0.743. The number of aromatic nitrogens is 4. The van der Waals surface area contributed by atoms with E-state index in [1.165, 1.54) is 18.2 Å². The van der Waals surface area contributed by atoms with E-state index in [0.717, 1.165) is 94.9 Å². The first-order chi connectivity index (χ1) is 37.6. The molecule has 2 atom stereocenters. The van der Waals surface area contributed by atoms with E-state index >= 15 is 0 Å². The summed E-state index contributed by atoms with van der Waals surface area (Å²) in [5, 5.41) is 46.6. The van der Waals surface area contributed by atoms with E-state index in [-0.39, 0.29) is 49.4 Å². The number of halogens is 3. The molecule has 81 heavy (non-hydrogen) atoms. The van der Waals surface area contributed by atoms with E-state index in [4.69, 9.17) is 43.6 Å². The van der Waals surface area contributed by atoms with Crippen LogP contribution in [0.2, 0.25) is 0 Å². The van der Waals surface area contributed by atoms with Crippen molar-refractivity contribution >= 4 is 62.5 Å². The van der Waals surface area contributed by atoms with Gasteiger partial charge in [-0.15, -0.1) is 0 Å². The summed E-state index contributed by atoms with van der Waals surface area (Å²) in [6.45, 7) is 23.1. The molecule has 2 aromatic heterocycles. The molecule has 0 aliphatic carbocycles. The number of amides is 2. The fourth-order valence-corrected chi connectivity index (χ4v) is 10.1. The minimum Gasteiger partial charge on any atom is -0.505 e. The molecule has 2 unspecified atom stereocenters. The maximum absolute atomic E-state index is 14.3. The van der Waals surface area contributed by atoms with Crippen LogP contribution in [-0.4, -0.2) is 131 Å².